The van der Waals surface area contributed by atoms with E-state index in [4.69, 9.17) is 5.73 Å². The zero-order valence-corrected chi connectivity index (χ0v) is 24.8. The first-order valence-electron chi connectivity index (χ1n) is 14.2. The minimum Gasteiger partial charge on any atom is -0.382 e. The number of benzene rings is 1. The Morgan fingerprint density at radius 1 is 1.15 bits per heavy atom. The van der Waals surface area contributed by atoms with E-state index in [0.717, 1.165) is 49.2 Å². The van der Waals surface area contributed by atoms with Crippen molar-refractivity contribution in [3.05, 3.63) is 58.8 Å². The van der Waals surface area contributed by atoms with Gasteiger partial charge in [0.25, 0.3) is 5.91 Å². The largest absolute Gasteiger partial charge is 0.382 e. The highest BCUT2D eigenvalue weighted by molar-refractivity contribution is 7.84. The van der Waals surface area contributed by atoms with E-state index in [2.05, 4.69) is 24.7 Å². The average molecular weight is 581 g/mol. The van der Waals surface area contributed by atoms with Crippen molar-refractivity contribution < 1.29 is 13.4 Å². The van der Waals surface area contributed by atoms with E-state index in [1.54, 1.807) is 17.2 Å². The normalized spacial score (nSPS) is 20.7. The predicted octanol–water partition coefficient (Wildman–Crippen LogP) is 3.69. The number of anilines is 3. The number of carbonyl (C=O) groups excluding carboxylic acids is 1. The number of hydrogen-bond acceptors (Lipinski definition) is 7. The van der Waals surface area contributed by atoms with E-state index in [0.29, 0.717) is 31.1 Å². The van der Waals surface area contributed by atoms with Crippen molar-refractivity contribution in [2.24, 2.45) is 5.41 Å². The Hall–Kier alpha value is -3.38. The molecule has 1 aliphatic carbocycles. The number of nitrogens with one attached hydrogen (secondary N) is 1. The fourth-order valence-electron chi connectivity index (χ4n) is 6.44. The van der Waals surface area contributed by atoms with E-state index in [1.165, 1.54) is 6.07 Å². The molecular formula is C29H37FN8O2S. The Kier molecular flexibility index (Phi) is 6.88. The van der Waals surface area contributed by atoms with E-state index in [-0.39, 0.29) is 34.7 Å². The number of halogens is 1. The number of fused-ring (bicyclic) bond motifs is 2. The summed E-state index contributed by atoms with van der Waals surface area (Å²) >= 11 is 0. The van der Waals surface area contributed by atoms with Crippen molar-refractivity contribution >= 4 is 34.3 Å². The lowest BCUT2D eigenvalue weighted by Gasteiger charge is -2.44. The van der Waals surface area contributed by atoms with Crippen LogP contribution >= 0.6 is 0 Å². The Morgan fingerprint density at radius 3 is 2.63 bits per heavy atom. The lowest BCUT2D eigenvalue weighted by molar-refractivity contribution is 0.0977. The number of amides is 1. The molecule has 3 aliphatic rings. The molecule has 1 aromatic carbocycles. The molecule has 1 saturated heterocycles. The average Bonchev–Trinajstić information content (AvgIpc) is 3.52. The predicted molar refractivity (Wildman–Crippen MR) is 157 cm³/mol. The number of carbonyl (C=O) groups is 1. The molecule has 1 fully saturated rings. The number of nitrogens with zero attached hydrogens (tertiary/aromatic N) is 6. The standard InChI is InChI=1S/C29H37FN8O2S/c1-18-26(34-25(31)23(33-18)27(39)37-12-5-13-38-22(37)8-11-32-38)36-14-9-29(10-15-36)17-19-6-7-20(30)16-21(19)24(29)35-41(40)28(2,3)4/h6-8,11,16,24,35H,5,9-10,12-15,17H2,1-4H3,(H2,31,34)/t24?,41-/m1/s1. The molecule has 2 aliphatic heterocycles. The third-order valence-corrected chi connectivity index (χ3v) is 10.2. The summed E-state index contributed by atoms with van der Waals surface area (Å²) in [6.45, 7) is 10.4. The van der Waals surface area contributed by atoms with Gasteiger partial charge < -0.3 is 10.6 Å². The van der Waals surface area contributed by atoms with Crippen LogP contribution in [0.5, 0.6) is 0 Å². The van der Waals surface area contributed by atoms with Crippen molar-refractivity contribution in [1.82, 2.24) is 24.5 Å². The molecule has 3 aromatic rings. The summed E-state index contributed by atoms with van der Waals surface area (Å²) in [5.74, 6) is 0.953. The summed E-state index contributed by atoms with van der Waals surface area (Å²) in [6.07, 6.45) is 4.87. The van der Waals surface area contributed by atoms with Crippen LogP contribution < -0.4 is 20.3 Å². The molecule has 10 nitrogen and oxygen atoms in total. The summed E-state index contributed by atoms with van der Waals surface area (Å²) in [5.41, 5.74) is 8.95. The fourth-order valence-corrected chi connectivity index (χ4v) is 7.39. The number of hydrogen-bond donors (Lipinski definition) is 2. The van der Waals surface area contributed by atoms with Crippen LogP contribution in [0.1, 0.15) is 73.4 Å². The molecule has 6 rings (SSSR count). The first-order valence-corrected chi connectivity index (χ1v) is 15.3. The molecule has 0 bridgehead atoms. The first kappa shape index (κ1) is 27.8. The SMILES string of the molecule is Cc1nc(C(=O)N2CCCn3nccc32)c(N)nc1N1CCC2(CC1)Cc1ccc(F)cc1C2N[S@](=O)C(C)(C)C. The Labute approximate surface area is 242 Å². The number of aromatic nitrogens is 4. The van der Waals surface area contributed by atoms with Gasteiger partial charge in [-0.15, -0.1) is 0 Å². The zero-order chi connectivity index (χ0) is 29.1. The molecule has 1 unspecified atom stereocenters. The van der Waals surface area contributed by atoms with Gasteiger partial charge in [0.2, 0.25) is 0 Å². The molecule has 4 heterocycles. The third kappa shape index (κ3) is 4.90. The van der Waals surface area contributed by atoms with E-state index in [9.17, 15) is 13.4 Å². The topological polar surface area (TPSA) is 122 Å². The van der Waals surface area contributed by atoms with E-state index in [1.807, 2.05) is 44.5 Å². The molecular weight excluding hydrogens is 543 g/mol. The van der Waals surface area contributed by atoms with Crippen molar-refractivity contribution in [1.29, 1.82) is 0 Å². The highest BCUT2D eigenvalue weighted by Gasteiger charge is 2.49. The quantitative estimate of drug-likeness (QED) is 0.483. The summed E-state index contributed by atoms with van der Waals surface area (Å²) < 4.78 is 32.3. The molecule has 1 amide bonds. The van der Waals surface area contributed by atoms with Gasteiger partial charge in [0.15, 0.2) is 17.3 Å². The van der Waals surface area contributed by atoms with Gasteiger partial charge in [-0.2, -0.15) is 5.10 Å². The highest BCUT2D eigenvalue weighted by atomic mass is 32.2. The van der Waals surface area contributed by atoms with Gasteiger partial charge >= 0.3 is 0 Å². The smallest absolute Gasteiger partial charge is 0.281 e. The Balaban J connectivity index is 1.23. The van der Waals surface area contributed by atoms with Crippen molar-refractivity contribution in [2.45, 2.75) is 70.7 Å². The molecule has 2 aromatic heterocycles. The third-order valence-electron chi connectivity index (χ3n) is 8.66. The van der Waals surface area contributed by atoms with Crippen molar-refractivity contribution in [3.63, 3.8) is 0 Å². The Morgan fingerprint density at radius 2 is 1.90 bits per heavy atom. The second-order valence-electron chi connectivity index (χ2n) is 12.4. The summed E-state index contributed by atoms with van der Waals surface area (Å²) in [7, 11) is -1.31. The molecule has 218 valence electrons. The molecule has 0 radical (unpaired) electrons. The van der Waals surface area contributed by atoms with Gasteiger partial charge in [0.05, 0.1) is 33.7 Å². The first-order chi connectivity index (χ1) is 19.5. The maximum absolute atomic E-state index is 14.3. The number of rotatable bonds is 4. The van der Waals surface area contributed by atoms with Gasteiger partial charge in [0.1, 0.15) is 11.6 Å². The Bertz CT molecular complexity index is 1530. The molecule has 1 spiro atoms. The maximum atomic E-state index is 14.3. The van der Waals surface area contributed by atoms with Crippen LogP contribution in [0.4, 0.5) is 21.8 Å². The van der Waals surface area contributed by atoms with Crippen molar-refractivity contribution in [3.8, 4) is 0 Å². The van der Waals surface area contributed by atoms with Crippen LogP contribution in [-0.4, -0.2) is 54.2 Å². The number of aryl methyl sites for hydroxylation is 2. The van der Waals surface area contributed by atoms with Crippen LogP contribution in [0.25, 0.3) is 0 Å². The van der Waals surface area contributed by atoms with Crippen LogP contribution in [0.15, 0.2) is 30.5 Å². The van der Waals surface area contributed by atoms with Gasteiger partial charge in [-0.1, -0.05) is 6.07 Å². The van der Waals surface area contributed by atoms with Gasteiger partial charge in [-0.25, -0.2) is 28.0 Å². The van der Waals surface area contributed by atoms with Crippen LogP contribution in [0.2, 0.25) is 0 Å². The summed E-state index contributed by atoms with van der Waals surface area (Å²) in [6, 6.07) is 6.57. The molecule has 2 atom stereocenters. The van der Waals surface area contributed by atoms with Crippen LogP contribution in [0, 0.1) is 18.2 Å². The fraction of sp³-hybridized carbons (Fsp3) is 0.517. The lowest BCUT2D eigenvalue weighted by atomic mass is 9.73. The van der Waals surface area contributed by atoms with Crippen LogP contribution in [-0.2, 0) is 24.0 Å². The monoisotopic (exact) mass is 580 g/mol. The lowest BCUT2D eigenvalue weighted by Crippen LogP contribution is -2.48. The molecule has 3 N–H and O–H groups in total. The van der Waals surface area contributed by atoms with Gasteiger partial charge in [-0.05, 0) is 82.1 Å². The van der Waals surface area contributed by atoms with E-state index >= 15 is 0 Å². The summed E-state index contributed by atoms with van der Waals surface area (Å²) in [5, 5.41) is 4.29. The number of nitrogens with two attached hydrogens (primary N) is 1. The highest BCUT2D eigenvalue weighted by Crippen LogP contribution is 2.53. The minimum atomic E-state index is -1.31. The second kappa shape index (κ2) is 10.2. The van der Waals surface area contributed by atoms with Gasteiger partial charge in [-0.3, -0.25) is 9.69 Å². The summed E-state index contributed by atoms with van der Waals surface area (Å²) in [4.78, 5) is 26.6. The molecule has 41 heavy (non-hydrogen) atoms. The van der Waals surface area contributed by atoms with Gasteiger partial charge in [0, 0.05) is 32.2 Å². The number of nitrogen functional groups attached to an aromatic ring is 1. The van der Waals surface area contributed by atoms with Crippen LogP contribution in [0.3, 0.4) is 0 Å². The zero-order valence-electron chi connectivity index (χ0n) is 24.0. The minimum absolute atomic E-state index is 0.108. The second-order valence-corrected chi connectivity index (χ2v) is 14.4. The van der Waals surface area contributed by atoms with Crippen molar-refractivity contribution in [2.75, 3.05) is 35.2 Å². The van der Waals surface area contributed by atoms with E-state index < -0.39 is 15.7 Å². The number of piperidine rings is 1. The maximum Gasteiger partial charge on any atom is 0.281 e. The molecule has 0 saturated carbocycles. The molecule has 12 heteroatoms.